The molecule has 2 bridgehead atoms. The van der Waals surface area contributed by atoms with E-state index >= 15 is 0 Å². The average molecular weight is 266 g/mol. The van der Waals surface area contributed by atoms with Crippen LogP contribution in [0.2, 0.25) is 0 Å². The summed E-state index contributed by atoms with van der Waals surface area (Å²) in [6.45, 7) is 3.18. The van der Waals surface area contributed by atoms with E-state index in [1.165, 1.54) is 11.3 Å². The van der Waals surface area contributed by atoms with Crippen LogP contribution < -0.4 is 5.73 Å². The van der Waals surface area contributed by atoms with Crippen LogP contribution in [0.25, 0.3) is 0 Å². The van der Waals surface area contributed by atoms with Gasteiger partial charge in [-0.05, 0) is 43.3 Å². The zero-order valence-electron chi connectivity index (χ0n) is 10.2. The lowest BCUT2D eigenvalue weighted by Gasteiger charge is -2.44. The van der Waals surface area contributed by atoms with Crippen molar-refractivity contribution >= 4 is 17.3 Å². The van der Waals surface area contributed by atoms with E-state index in [1.54, 1.807) is 0 Å². The highest BCUT2D eigenvalue weighted by Crippen LogP contribution is 2.30. The van der Waals surface area contributed by atoms with Gasteiger partial charge in [-0.15, -0.1) is 11.3 Å². The second-order valence-electron chi connectivity index (χ2n) is 5.11. The zero-order chi connectivity index (χ0) is 12.5. The molecule has 1 aromatic rings. The third kappa shape index (κ3) is 2.30. The van der Waals surface area contributed by atoms with Crippen LogP contribution >= 0.6 is 11.3 Å². The summed E-state index contributed by atoms with van der Waals surface area (Å²) in [6, 6.07) is 3.16. The van der Waals surface area contributed by atoms with E-state index in [9.17, 15) is 4.79 Å². The van der Waals surface area contributed by atoms with Crippen molar-refractivity contribution in [3.63, 3.8) is 0 Å². The normalized spacial score (nSPS) is 32.2. The monoisotopic (exact) mass is 266 g/mol. The summed E-state index contributed by atoms with van der Waals surface area (Å²) >= 11 is 1.50. The van der Waals surface area contributed by atoms with Crippen LogP contribution in [0.15, 0.2) is 17.5 Å². The molecule has 1 unspecified atom stereocenters. The van der Waals surface area contributed by atoms with E-state index < -0.39 is 6.04 Å². The molecule has 0 saturated carbocycles. The molecule has 4 rings (SSSR count). The number of carbonyl (C=O) groups is 1. The van der Waals surface area contributed by atoms with Crippen molar-refractivity contribution in [2.24, 2.45) is 11.7 Å². The van der Waals surface area contributed by atoms with E-state index in [0.717, 1.165) is 37.4 Å². The van der Waals surface area contributed by atoms with Crippen molar-refractivity contribution in [1.29, 1.82) is 0 Å². The number of carbonyl (C=O) groups excluding carboxylic acids is 1. The SMILES string of the molecule is NC(C(=O)O[C@H]1CN2CCC1CC2)c1cccs1. The van der Waals surface area contributed by atoms with Crippen molar-refractivity contribution in [2.75, 3.05) is 19.6 Å². The fourth-order valence-corrected chi connectivity index (χ4v) is 3.57. The number of nitrogens with two attached hydrogens (primary N) is 1. The van der Waals surface area contributed by atoms with Crippen molar-refractivity contribution in [1.82, 2.24) is 4.90 Å². The Bertz CT molecular complexity index is 413. The summed E-state index contributed by atoms with van der Waals surface area (Å²) in [5.74, 6) is 0.255. The molecular formula is C13H18N2O2S. The molecular weight excluding hydrogens is 248 g/mol. The van der Waals surface area contributed by atoms with Crippen LogP contribution in [0.4, 0.5) is 0 Å². The molecule has 3 fully saturated rings. The Labute approximate surface area is 111 Å². The zero-order valence-corrected chi connectivity index (χ0v) is 11.1. The predicted octanol–water partition coefficient (Wildman–Crippen LogP) is 1.39. The Balaban J connectivity index is 1.61. The van der Waals surface area contributed by atoms with Crippen molar-refractivity contribution in [2.45, 2.75) is 25.0 Å². The first-order valence-corrected chi connectivity index (χ1v) is 7.34. The van der Waals surface area contributed by atoms with Gasteiger partial charge in [0.15, 0.2) is 0 Å². The Morgan fingerprint density at radius 3 is 2.83 bits per heavy atom. The lowest BCUT2D eigenvalue weighted by Crippen LogP contribution is -2.52. The highest BCUT2D eigenvalue weighted by molar-refractivity contribution is 7.10. The number of ether oxygens (including phenoxy) is 1. The number of fused-ring (bicyclic) bond motifs is 3. The van der Waals surface area contributed by atoms with Gasteiger partial charge in [-0.2, -0.15) is 0 Å². The van der Waals surface area contributed by atoms with Gasteiger partial charge in [-0.1, -0.05) is 6.07 Å². The van der Waals surface area contributed by atoms with E-state index in [4.69, 9.17) is 10.5 Å². The second-order valence-corrected chi connectivity index (χ2v) is 6.09. The Kier molecular flexibility index (Phi) is 3.37. The Morgan fingerprint density at radius 2 is 2.28 bits per heavy atom. The molecule has 98 valence electrons. The van der Waals surface area contributed by atoms with Crippen LogP contribution in [0.3, 0.4) is 0 Å². The second kappa shape index (κ2) is 4.99. The first-order chi connectivity index (χ1) is 8.74. The van der Waals surface area contributed by atoms with E-state index in [0.29, 0.717) is 5.92 Å². The first kappa shape index (κ1) is 12.1. The lowest BCUT2D eigenvalue weighted by atomic mass is 9.86. The molecule has 3 saturated heterocycles. The molecule has 4 heterocycles. The summed E-state index contributed by atoms with van der Waals surface area (Å²) in [7, 11) is 0. The van der Waals surface area contributed by atoms with Crippen LogP contribution in [0, 0.1) is 5.92 Å². The highest BCUT2D eigenvalue weighted by atomic mass is 32.1. The number of nitrogens with zero attached hydrogens (tertiary/aromatic N) is 1. The molecule has 3 aliphatic rings. The topological polar surface area (TPSA) is 55.6 Å². The maximum atomic E-state index is 12.0. The third-order valence-electron chi connectivity index (χ3n) is 3.97. The number of hydrogen-bond acceptors (Lipinski definition) is 5. The van der Waals surface area contributed by atoms with Crippen LogP contribution in [0.5, 0.6) is 0 Å². The molecule has 0 aromatic carbocycles. The fourth-order valence-electron chi connectivity index (χ4n) is 2.85. The standard InChI is InChI=1S/C13H18N2O2S/c14-12(11-2-1-7-18-11)13(16)17-10-8-15-5-3-9(10)4-6-15/h1-2,7,9-10,12H,3-6,8,14H2/t10-,12?/m0/s1. The summed E-state index contributed by atoms with van der Waals surface area (Å²) in [5.41, 5.74) is 5.92. The van der Waals surface area contributed by atoms with E-state index in [1.807, 2.05) is 17.5 Å². The van der Waals surface area contributed by atoms with E-state index in [-0.39, 0.29) is 12.1 Å². The van der Waals surface area contributed by atoms with Gasteiger partial charge in [0, 0.05) is 11.4 Å². The minimum Gasteiger partial charge on any atom is -0.459 e. The number of thiophene rings is 1. The number of piperidine rings is 3. The lowest BCUT2D eigenvalue weighted by molar-refractivity contribution is -0.160. The Hall–Kier alpha value is -0.910. The Morgan fingerprint density at radius 1 is 1.50 bits per heavy atom. The molecule has 0 spiro atoms. The minimum absolute atomic E-state index is 0.0472. The largest absolute Gasteiger partial charge is 0.459 e. The maximum Gasteiger partial charge on any atom is 0.328 e. The molecule has 18 heavy (non-hydrogen) atoms. The van der Waals surface area contributed by atoms with Crippen molar-refractivity contribution < 1.29 is 9.53 Å². The molecule has 4 nitrogen and oxygen atoms in total. The highest BCUT2D eigenvalue weighted by Gasteiger charge is 2.37. The van der Waals surface area contributed by atoms with Crippen molar-refractivity contribution in [3.05, 3.63) is 22.4 Å². The smallest absolute Gasteiger partial charge is 0.328 e. The van der Waals surface area contributed by atoms with Gasteiger partial charge in [0.1, 0.15) is 12.1 Å². The first-order valence-electron chi connectivity index (χ1n) is 6.46. The van der Waals surface area contributed by atoms with Crippen molar-refractivity contribution in [3.8, 4) is 0 Å². The van der Waals surface area contributed by atoms with E-state index in [2.05, 4.69) is 4.90 Å². The fraction of sp³-hybridized carbons (Fsp3) is 0.615. The summed E-state index contributed by atoms with van der Waals surface area (Å²) in [5, 5.41) is 1.93. The molecule has 5 heteroatoms. The van der Waals surface area contributed by atoms with Crippen LogP contribution in [0.1, 0.15) is 23.8 Å². The van der Waals surface area contributed by atoms with Crippen LogP contribution in [-0.4, -0.2) is 36.6 Å². The molecule has 3 aliphatic heterocycles. The van der Waals surface area contributed by atoms with Crippen LogP contribution in [-0.2, 0) is 9.53 Å². The summed E-state index contributed by atoms with van der Waals surface area (Å²) in [4.78, 5) is 15.3. The summed E-state index contributed by atoms with van der Waals surface area (Å²) in [6.07, 6.45) is 2.34. The van der Waals surface area contributed by atoms with Gasteiger partial charge < -0.3 is 10.5 Å². The molecule has 1 aromatic heterocycles. The number of hydrogen-bond donors (Lipinski definition) is 1. The van der Waals surface area contributed by atoms with Gasteiger partial charge in [0.25, 0.3) is 0 Å². The van der Waals surface area contributed by atoms with Gasteiger partial charge in [0.05, 0.1) is 0 Å². The summed E-state index contributed by atoms with van der Waals surface area (Å²) < 4.78 is 5.61. The van der Waals surface area contributed by atoms with Gasteiger partial charge in [-0.25, -0.2) is 4.79 Å². The quantitative estimate of drug-likeness (QED) is 0.840. The minimum atomic E-state index is -0.625. The molecule has 0 radical (unpaired) electrons. The number of esters is 1. The van der Waals surface area contributed by atoms with Gasteiger partial charge in [-0.3, -0.25) is 4.90 Å². The van der Waals surface area contributed by atoms with Gasteiger partial charge in [0.2, 0.25) is 0 Å². The number of rotatable bonds is 3. The van der Waals surface area contributed by atoms with Gasteiger partial charge >= 0.3 is 5.97 Å². The molecule has 2 atom stereocenters. The third-order valence-corrected chi connectivity index (χ3v) is 4.92. The predicted molar refractivity (Wildman–Crippen MR) is 70.3 cm³/mol. The maximum absolute atomic E-state index is 12.0. The average Bonchev–Trinajstić information content (AvgIpc) is 2.93. The molecule has 2 N–H and O–H groups in total. The molecule has 0 amide bonds. The molecule has 0 aliphatic carbocycles.